The standard InChI is InChI=1S/C15H21NO2S/c1-12-10-13-6-2-5-9-15(13)16(11-12)19(17,18)14-7-3-4-8-14/h2,5-6,9,12,14H,3-4,7-8,10-11H2,1H3. The Kier molecular flexibility index (Phi) is 3.29. The Hall–Kier alpha value is -1.03. The highest BCUT2D eigenvalue weighted by atomic mass is 32.2. The predicted molar refractivity (Wildman–Crippen MR) is 77.8 cm³/mol. The topological polar surface area (TPSA) is 37.4 Å². The van der Waals surface area contributed by atoms with Gasteiger partial charge in [0.25, 0.3) is 0 Å². The van der Waals surface area contributed by atoms with Crippen molar-refractivity contribution in [1.82, 2.24) is 0 Å². The van der Waals surface area contributed by atoms with E-state index in [1.54, 1.807) is 4.31 Å². The van der Waals surface area contributed by atoms with Crippen LogP contribution in [0.2, 0.25) is 0 Å². The van der Waals surface area contributed by atoms with Gasteiger partial charge < -0.3 is 0 Å². The van der Waals surface area contributed by atoms with Crippen molar-refractivity contribution in [3.63, 3.8) is 0 Å². The first-order valence-corrected chi connectivity index (χ1v) is 8.69. The van der Waals surface area contributed by atoms with Crippen LogP contribution in [-0.2, 0) is 16.4 Å². The van der Waals surface area contributed by atoms with E-state index in [1.165, 1.54) is 5.56 Å². The molecule has 0 bridgehead atoms. The summed E-state index contributed by atoms with van der Waals surface area (Å²) in [5.74, 6) is 0.395. The molecule has 2 aliphatic rings. The molecule has 1 aromatic carbocycles. The van der Waals surface area contributed by atoms with Gasteiger partial charge in [-0.25, -0.2) is 8.42 Å². The maximum absolute atomic E-state index is 12.8. The molecule has 1 fully saturated rings. The maximum Gasteiger partial charge on any atom is 0.238 e. The van der Waals surface area contributed by atoms with Crippen molar-refractivity contribution in [2.75, 3.05) is 10.8 Å². The lowest BCUT2D eigenvalue weighted by Crippen LogP contribution is -2.43. The SMILES string of the molecule is CC1Cc2ccccc2N(S(=O)(=O)C2CCCC2)C1. The molecule has 1 atom stereocenters. The molecule has 1 saturated carbocycles. The molecule has 1 heterocycles. The Balaban J connectivity index is 2.00. The van der Waals surface area contributed by atoms with E-state index in [2.05, 4.69) is 13.0 Å². The fourth-order valence-corrected chi connectivity index (χ4v) is 5.56. The second-order valence-corrected chi connectivity index (χ2v) is 8.06. The lowest BCUT2D eigenvalue weighted by atomic mass is 9.96. The first-order valence-electron chi connectivity index (χ1n) is 7.18. The number of hydrogen-bond acceptors (Lipinski definition) is 2. The van der Waals surface area contributed by atoms with E-state index >= 15 is 0 Å². The Morgan fingerprint density at radius 1 is 1.16 bits per heavy atom. The van der Waals surface area contributed by atoms with Crippen LogP contribution in [-0.4, -0.2) is 20.2 Å². The highest BCUT2D eigenvalue weighted by Gasteiger charge is 2.37. The van der Waals surface area contributed by atoms with E-state index in [0.29, 0.717) is 12.5 Å². The second-order valence-electron chi connectivity index (χ2n) is 5.92. The summed E-state index contributed by atoms with van der Waals surface area (Å²) in [6.45, 7) is 2.77. The Morgan fingerprint density at radius 2 is 1.84 bits per heavy atom. The predicted octanol–water partition coefficient (Wildman–Crippen LogP) is 2.96. The number of para-hydroxylation sites is 1. The van der Waals surface area contributed by atoms with Crippen LogP contribution in [0.15, 0.2) is 24.3 Å². The average Bonchev–Trinajstić information content (AvgIpc) is 2.92. The van der Waals surface area contributed by atoms with E-state index in [-0.39, 0.29) is 5.25 Å². The number of benzene rings is 1. The fraction of sp³-hybridized carbons (Fsp3) is 0.600. The third-order valence-electron chi connectivity index (χ3n) is 4.34. The molecule has 3 nitrogen and oxygen atoms in total. The van der Waals surface area contributed by atoms with Crippen LogP contribution >= 0.6 is 0 Å². The second kappa shape index (κ2) is 4.82. The monoisotopic (exact) mass is 279 g/mol. The van der Waals surface area contributed by atoms with Gasteiger partial charge in [-0.05, 0) is 36.8 Å². The van der Waals surface area contributed by atoms with Gasteiger partial charge in [-0.15, -0.1) is 0 Å². The average molecular weight is 279 g/mol. The van der Waals surface area contributed by atoms with E-state index in [1.807, 2.05) is 18.2 Å². The van der Waals surface area contributed by atoms with Crippen molar-refractivity contribution in [3.05, 3.63) is 29.8 Å². The summed E-state index contributed by atoms with van der Waals surface area (Å²) in [6, 6.07) is 7.94. The summed E-state index contributed by atoms with van der Waals surface area (Å²) in [7, 11) is -3.17. The summed E-state index contributed by atoms with van der Waals surface area (Å²) >= 11 is 0. The first-order chi connectivity index (χ1) is 9.09. The summed E-state index contributed by atoms with van der Waals surface area (Å²) in [5, 5.41) is -0.161. The highest BCUT2D eigenvalue weighted by molar-refractivity contribution is 7.93. The summed E-state index contributed by atoms with van der Waals surface area (Å²) in [4.78, 5) is 0. The number of rotatable bonds is 2. The first kappa shape index (κ1) is 13.0. The van der Waals surface area contributed by atoms with Crippen LogP contribution in [0.5, 0.6) is 0 Å². The highest BCUT2D eigenvalue weighted by Crippen LogP contribution is 2.36. The molecule has 0 spiro atoms. The molecule has 4 heteroatoms. The Morgan fingerprint density at radius 3 is 2.58 bits per heavy atom. The van der Waals surface area contributed by atoms with Crippen molar-refractivity contribution in [1.29, 1.82) is 0 Å². The normalized spacial score (nSPS) is 24.5. The molecular formula is C15H21NO2S. The van der Waals surface area contributed by atoms with Crippen molar-refractivity contribution in [3.8, 4) is 0 Å². The molecule has 1 aromatic rings. The smallest absolute Gasteiger partial charge is 0.238 e. The van der Waals surface area contributed by atoms with Crippen molar-refractivity contribution in [2.24, 2.45) is 5.92 Å². The molecule has 104 valence electrons. The lowest BCUT2D eigenvalue weighted by Gasteiger charge is -2.35. The van der Waals surface area contributed by atoms with Crippen LogP contribution in [0, 0.1) is 5.92 Å². The van der Waals surface area contributed by atoms with Gasteiger partial charge in [0.05, 0.1) is 10.9 Å². The number of anilines is 1. The molecule has 1 aliphatic heterocycles. The summed E-state index contributed by atoms with van der Waals surface area (Å²) < 4.78 is 27.3. The zero-order chi connectivity index (χ0) is 13.5. The molecule has 1 unspecified atom stereocenters. The molecule has 0 saturated heterocycles. The minimum absolute atomic E-state index is 0.161. The van der Waals surface area contributed by atoms with E-state index < -0.39 is 10.0 Å². The van der Waals surface area contributed by atoms with E-state index in [9.17, 15) is 8.42 Å². The van der Waals surface area contributed by atoms with Gasteiger partial charge in [-0.2, -0.15) is 0 Å². The van der Waals surface area contributed by atoms with E-state index in [0.717, 1.165) is 37.8 Å². The van der Waals surface area contributed by atoms with Crippen molar-refractivity contribution < 1.29 is 8.42 Å². The van der Waals surface area contributed by atoms with Crippen LogP contribution in [0.25, 0.3) is 0 Å². The van der Waals surface area contributed by atoms with Crippen molar-refractivity contribution in [2.45, 2.75) is 44.3 Å². The molecule has 3 rings (SSSR count). The van der Waals surface area contributed by atoms with Gasteiger partial charge in [0, 0.05) is 6.54 Å². The van der Waals surface area contributed by atoms with Gasteiger partial charge in [-0.1, -0.05) is 38.0 Å². The summed E-state index contributed by atoms with van der Waals surface area (Å²) in [5.41, 5.74) is 2.08. The van der Waals surface area contributed by atoms with Crippen LogP contribution < -0.4 is 4.31 Å². The van der Waals surface area contributed by atoms with Crippen LogP contribution in [0.1, 0.15) is 38.2 Å². The Bertz CT molecular complexity index is 561. The number of hydrogen-bond donors (Lipinski definition) is 0. The van der Waals surface area contributed by atoms with Gasteiger partial charge in [0.2, 0.25) is 10.0 Å². The van der Waals surface area contributed by atoms with Crippen molar-refractivity contribution >= 4 is 15.7 Å². The van der Waals surface area contributed by atoms with Crippen LogP contribution in [0.4, 0.5) is 5.69 Å². The molecule has 0 radical (unpaired) electrons. The zero-order valence-electron chi connectivity index (χ0n) is 11.4. The zero-order valence-corrected chi connectivity index (χ0v) is 12.2. The number of sulfonamides is 1. The largest absolute Gasteiger partial charge is 0.269 e. The van der Waals surface area contributed by atoms with Gasteiger partial charge in [-0.3, -0.25) is 4.31 Å². The quantitative estimate of drug-likeness (QED) is 0.834. The number of fused-ring (bicyclic) bond motifs is 1. The van der Waals surface area contributed by atoms with Gasteiger partial charge in [0.1, 0.15) is 0 Å². The molecular weight excluding hydrogens is 258 g/mol. The third-order valence-corrected chi connectivity index (χ3v) is 6.61. The molecule has 1 aliphatic carbocycles. The molecule has 0 aromatic heterocycles. The van der Waals surface area contributed by atoms with Crippen LogP contribution in [0.3, 0.4) is 0 Å². The minimum Gasteiger partial charge on any atom is -0.269 e. The number of nitrogens with zero attached hydrogens (tertiary/aromatic N) is 1. The molecule has 0 amide bonds. The molecule has 19 heavy (non-hydrogen) atoms. The molecule has 0 N–H and O–H groups in total. The third kappa shape index (κ3) is 2.27. The fourth-order valence-electron chi connectivity index (χ4n) is 3.36. The van der Waals surface area contributed by atoms with Gasteiger partial charge >= 0.3 is 0 Å². The minimum atomic E-state index is -3.17. The van der Waals surface area contributed by atoms with Gasteiger partial charge in [0.15, 0.2) is 0 Å². The maximum atomic E-state index is 12.8. The van der Waals surface area contributed by atoms with E-state index in [4.69, 9.17) is 0 Å². The Labute approximate surface area is 115 Å². The lowest BCUT2D eigenvalue weighted by molar-refractivity contribution is 0.536. The summed E-state index contributed by atoms with van der Waals surface area (Å²) in [6.07, 6.45) is 4.74.